The molecule has 1 atom stereocenters. The van der Waals surface area contributed by atoms with Crippen molar-refractivity contribution in [3.8, 4) is 0 Å². The minimum atomic E-state index is -0.526. The number of halogens is 1. The number of amides is 2. The van der Waals surface area contributed by atoms with Crippen LogP contribution < -0.4 is 5.32 Å². The molecule has 21 heavy (non-hydrogen) atoms. The van der Waals surface area contributed by atoms with Crippen LogP contribution in [0.15, 0.2) is 0 Å². The highest BCUT2D eigenvalue weighted by molar-refractivity contribution is 6.27. The maximum atomic E-state index is 12.0. The molecule has 1 N–H and O–H groups in total. The van der Waals surface area contributed by atoms with Gasteiger partial charge in [-0.2, -0.15) is 0 Å². The highest BCUT2D eigenvalue weighted by atomic mass is 35.5. The summed E-state index contributed by atoms with van der Waals surface area (Å²) in [4.78, 5) is 25.6. The summed E-state index contributed by atoms with van der Waals surface area (Å²) < 4.78 is 5.26. The van der Waals surface area contributed by atoms with Gasteiger partial charge in [0.15, 0.2) is 0 Å². The fourth-order valence-electron chi connectivity index (χ4n) is 2.22. The first kappa shape index (κ1) is 18.1. The van der Waals surface area contributed by atoms with Crippen LogP contribution in [0, 0.1) is 0 Å². The van der Waals surface area contributed by atoms with Crippen molar-refractivity contribution in [1.29, 1.82) is 0 Å². The van der Waals surface area contributed by atoms with Crippen LogP contribution in [0.25, 0.3) is 0 Å². The molecule has 1 unspecified atom stereocenters. The van der Waals surface area contributed by atoms with E-state index in [1.807, 2.05) is 32.6 Å². The van der Waals surface area contributed by atoms with Crippen LogP contribution in [0.3, 0.4) is 0 Å². The van der Waals surface area contributed by atoms with Crippen molar-refractivity contribution >= 4 is 23.6 Å². The van der Waals surface area contributed by atoms with Crippen LogP contribution in [-0.4, -0.2) is 47.0 Å². The Morgan fingerprint density at radius 2 is 2.00 bits per heavy atom. The Morgan fingerprint density at radius 1 is 1.38 bits per heavy atom. The van der Waals surface area contributed by atoms with Gasteiger partial charge >= 0.3 is 6.09 Å². The van der Waals surface area contributed by atoms with E-state index in [1.165, 1.54) is 0 Å². The highest BCUT2D eigenvalue weighted by Crippen LogP contribution is 2.25. The quantitative estimate of drug-likeness (QED) is 0.766. The van der Waals surface area contributed by atoms with Crippen molar-refractivity contribution < 1.29 is 14.3 Å². The molecule has 1 fully saturated rings. The predicted octanol–water partition coefficient (Wildman–Crippen LogP) is 2.91. The zero-order valence-corrected chi connectivity index (χ0v) is 14.2. The van der Waals surface area contributed by atoms with E-state index >= 15 is 0 Å². The average Bonchev–Trinajstić information content (AvgIpc) is 2.31. The molecule has 0 aromatic carbocycles. The van der Waals surface area contributed by atoms with E-state index in [-0.39, 0.29) is 23.9 Å². The summed E-state index contributed by atoms with van der Waals surface area (Å²) in [6.45, 7) is 7.94. The molecule has 0 aliphatic heterocycles. The number of alkyl carbamates (subject to hydrolysis) is 1. The van der Waals surface area contributed by atoms with Crippen LogP contribution in [-0.2, 0) is 9.53 Å². The summed E-state index contributed by atoms with van der Waals surface area (Å²) in [5.74, 6) is -0.0786. The number of hydrogen-bond acceptors (Lipinski definition) is 3. The second-order valence-electron chi connectivity index (χ2n) is 6.52. The Labute approximate surface area is 132 Å². The third-order valence-electron chi connectivity index (χ3n) is 3.58. The maximum Gasteiger partial charge on any atom is 0.407 e. The first-order valence-electron chi connectivity index (χ1n) is 7.61. The number of nitrogens with zero attached hydrogens (tertiary/aromatic N) is 1. The molecular formula is C15H27ClN2O3. The van der Waals surface area contributed by atoms with Crippen LogP contribution in [0.5, 0.6) is 0 Å². The van der Waals surface area contributed by atoms with E-state index in [0.29, 0.717) is 6.54 Å². The fraction of sp³-hybridized carbons (Fsp3) is 0.867. The monoisotopic (exact) mass is 318 g/mol. The summed E-state index contributed by atoms with van der Waals surface area (Å²) in [5.41, 5.74) is -0.526. The van der Waals surface area contributed by atoms with Crippen molar-refractivity contribution in [2.75, 3.05) is 12.4 Å². The molecule has 2 amide bonds. The Morgan fingerprint density at radius 3 is 2.38 bits per heavy atom. The van der Waals surface area contributed by atoms with E-state index in [4.69, 9.17) is 16.3 Å². The molecule has 0 radical (unpaired) electrons. The van der Waals surface area contributed by atoms with Crippen molar-refractivity contribution in [3.63, 3.8) is 0 Å². The van der Waals surface area contributed by atoms with Crippen LogP contribution >= 0.6 is 11.6 Å². The SMILES string of the molecule is CCC(CN(C(=O)CCl)C1CCC1)NC(=O)OC(C)(C)C. The predicted molar refractivity (Wildman–Crippen MR) is 83.5 cm³/mol. The molecule has 1 aliphatic carbocycles. The number of alkyl halides is 1. The second-order valence-corrected chi connectivity index (χ2v) is 6.78. The lowest BCUT2D eigenvalue weighted by Gasteiger charge is -2.39. The number of hydrogen-bond donors (Lipinski definition) is 1. The number of rotatable bonds is 6. The minimum absolute atomic E-state index is 0.0145. The topological polar surface area (TPSA) is 58.6 Å². The normalized spacial score (nSPS) is 16.8. The Bertz CT molecular complexity index is 364. The molecule has 0 aromatic heterocycles. The number of carbonyl (C=O) groups excluding carboxylic acids is 2. The summed E-state index contributed by atoms with van der Waals surface area (Å²) in [6, 6.07) is 0.151. The van der Waals surface area contributed by atoms with Gasteiger partial charge in [0.25, 0.3) is 0 Å². The summed E-state index contributed by atoms with van der Waals surface area (Å²) in [5, 5.41) is 2.84. The highest BCUT2D eigenvalue weighted by Gasteiger charge is 2.30. The molecule has 6 heteroatoms. The summed E-state index contributed by atoms with van der Waals surface area (Å²) in [7, 11) is 0. The van der Waals surface area contributed by atoms with Crippen molar-refractivity contribution in [1.82, 2.24) is 10.2 Å². The van der Waals surface area contributed by atoms with E-state index < -0.39 is 11.7 Å². The van der Waals surface area contributed by atoms with E-state index in [2.05, 4.69) is 5.32 Å². The standard InChI is InChI=1S/C15H27ClN2O3/c1-5-11(17-14(20)21-15(2,3)4)10-18(13(19)9-16)12-7-6-8-12/h11-12H,5-10H2,1-4H3,(H,17,20). The maximum absolute atomic E-state index is 12.0. The van der Waals surface area contributed by atoms with Gasteiger partial charge in [-0.25, -0.2) is 4.79 Å². The number of nitrogens with one attached hydrogen (secondary N) is 1. The van der Waals surface area contributed by atoms with Crippen molar-refractivity contribution in [2.45, 2.75) is 71.1 Å². The van der Waals surface area contributed by atoms with Crippen LogP contribution in [0.4, 0.5) is 4.79 Å². The first-order valence-corrected chi connectivity index (χ1v) is 8.15. The fourth-order valence-corrected chi connectivity index (χ4v) is 2.37. The average molecular weight is 319 g/mol. The smallest absolute Gasteiger partial charge is 0.407 e. The summed E-state index contributed by atoms with van der Waals surface area (Å²) in [6.07, 6.45) is 3.48. The molecule has 0 heterocycles. The lowest BCUT2D eigenvalue weighted by Crippen LogP contribution is -2.52. The Kier molecular flexibility index (Phi) is 6.78. The molecule has 0 spiro atoms. The van der Waals surface area contributed by atoms with Gasteiger partial charge in [0, 0.05) is 18.6 Å². The first-order chi connectivity index (χ1) is 9.76. The van der Waals surface area contributed by atoms with Crippen LogP contribution in [0.2, 0.25) is 0 Å². The third-order valence-corrected chi connectivity index (χ3v) is 3.81. The molecular weight excluding hydrogens is 292 g/mol. The van der Waals surface area contributed by atoms with Gasteiger partial charge in [0.05, 0.1) is 0 Å². The zero-order chi connectivity index (χ0) is 16.0. The van der Waals surface area contributed by atoms with Gasteiger partial charge in [-0.05, 0) is 46.5 Å². The van der Waals surface area contributed by atoms with Gasteiger partial charge in [-0.3, -0.25) is 4.79 Å². The summed E-state index contributed by atoms with van der Waals surface area (Å²) >= 11 is 5.69. The lowest BCUT2D eigenvalue weighted by molar-refractivity contribution is -0.133. The largest absolute Gasteiger partial charge is 0.444 e. The number of carbonyl (C=O) groups is 2. The van der Waals surface area contributed by atoms with Crippen LogP contribution in [0.1, 0.15) is 53.4 Å². The molecule has 1 aliphatic rings. The minimum Gasteiger partial charge on any atom is -0.444 e. The number of ether oxygens (including phenoxy) is 1. The second kappa shape index (κ2) is 7.87. The van der Waals surface area contributed by atoms with E-state index in [1.54, 1.807) is 0 Å². The van der Waals surface area contributed by atoms with Gasteiger partial charge in [0.2, 0.25) is 5.91 Å². The van der Waals surface area contributed by atoms with Crippen molar-refractivity contribution in [3.05, 3.63) is 0 Å². The van der Waals surface area contributed by atoms with E-state index in [0.717, 1.165) is 25.7 Å². The van der Waals surface area contributed by atoms with E-state index in [9.17, 15) is 9.59 Å². The van der Waals surface area contributed by atoms with Gasteiger partial charge in [-0.15, -0.1) is 11.6 Å². The molecule has 5 nitrogen and oxygen atoms in total. The molecule has 1 rings (SSSR count). The lowest BCUT2D eigenvalue weighted by atomic mass is 9.91. The van der Waals surface area contributed by atoms with Gasteiger partial charge < -0.3 is 15.0 Å². The van der Waals surface area contributed by atoms with Gasteiger partial charge in [0.1, 0.15) is 11.5 Å². The van der Waals surface area contributed by atoms with Crippen molar-refractivity contribution in [2.24, 2.45) is 0 Å². The third kappa shape index (κ3) is 6.12. The van der Waals surface area contributed by atoms with Gasteiger partial charge in [-0.1, -0.05) is 6.92 Å². The molecule has 0 saturated heterocycles. The molecule has 0 aromatic rings. The molecule has 1 saturated carbocycles. The zero-order valence-electron chi connectivity index (χ0n) is 13.4. The Hall–Kier alpha value is -0.970. The molecule has 0 bridgehead atoms. The molecule has 122 valence electrons. The Balaban J connectivity index is 2.57.